The lowest BCUT2D eigenvalue weighted by Gasteiger charge is -2.37. The van der Waals surface area contributed by atoms with E-state index in [1.807, 2.05) is 0 Å². The predicted molar refractivity (Wildman–Crippen MR) is 140 cm³/mol. The van der Waals surface area contributed by atoms with Gasteiger partial charge >= 0.3 is 0 Å². The third-order valence-corrected chi connectivity index (χ3v) is 9.06. The van der Waals surface area contributed by atoms with E-state index in [-0.39, 0.29) is 32.9 Å². The third kappa shape index (κ3) is 4.90. The summed E-state index contributed by atoms with van der Waals surface area (Å²) in [6, 6.07) is 6.39. The number of nitrogens with zero attached hydrogens (tertiary/aromatic N) is 3. The molecule has 2 heterocycles. The van der Waals surface area contributed by atoms with Gasteiger partial charge in [0, 0.05) is 35.9 Å². The number of hydrogen-bond acceptors (Lipinski definition) is 6. The molecule has 10 nitrogen and oxygen atoms in total. The highest BCUT2D eigenvalue weighted by Crippen LogP contribution is 2.45. The van der Waals surface area contributed by atoms with Crippen LogP contribution in [0.1, 0.15) is 47.2 Å². The van der Waals surface area contributed by atoms with Crippen molar-refractivity contribution in [1.29, 1.82) is 0 Å². The number of nitrogens with two attached hydrogens (primary N) is 2. The van der Waals surface area contributed by atoms with Crippen LogP contribution in [0.2, 0.25) is 5.02 Å². The number of ether oxygens (including phenoxy) is 1. The van der Waals surface area contributed by atoms with Gasteiger partial charge in [-0.05, 0) is 49.6 Å². The number of fused-ring (bicyclic) bond motifs is 2. The summed E-state index contributed by atoms with van der Waals surface area (Å²) in [5, 5.41) is 0.196. The molecule has 12 heteroatoms. The second-order valence-electron chi connectivity index (χ2n) is 9.69. The molecule has 0 unspecified atom stereocenters. The molecule has 1 saturated carbocycles. The van der Waals surface area contributed by atoms with E-state index < -0.39 is 27.5 Å². The summed E-state index contributed by atoms with van der Waals surface area (Å²) < 4.78 is 33.0. The lowest BCUT2D eigenvalue weighted by Crippen LogP contribution is -2.53. The molecule has 3 aliphatic rings. The van der Waals surface area contributed by atoms with Crippen LogP contribution in [0.15, 0.2) is 34.2 Å². The van der Waals surface area contributed by atoms with Gasteiger partial charge in [-0.15, -0.1) is 0 Å². The third-order valence-electron chi connectivity index (χ3n) is 7.11. The van der Waals surface area contributed by atoms with Crippen molar-refractivity contribution in [1.82, 2.24) is 4.90 Å². The van der Waals surface area contributed by atoms with Crippen LogP contribution >= 0.6 is 11.6 Å². The van der Waals surface area contributed by atoms with Gasteiger partial charge in [-0.25, -0.2) is 8.42 Å². The molecule has 5 rings (SSSR count). The molecule has 0 aromatic heterocycles. The number of guanidine groups is 1. The van der Waals surface area contributed by atoms with Crippen LogP contribution < -0.4 is 21.1 Å². The normalized spacial score (nSPS) is 19.5. The van der Waals surface area contributed by atoms with Crippen molar-refractivity contribution in [3.8, 4) is 11.5 Å². The van der Waals surface area contributed by atoms with E-state index in [4.69, 9.17) is 27.8 Å². The molecule has 0 bridgehead atoms. The van der Waals surface area contributed by atoms with Gasteiger partial charge in [0.25, 0.3) is 5.91 Å². The fourth-order valence-corrected chi connectivity index (χ4v) is 7.19. The first-order valence-corrected chi connectivity index (χ1v) is 14.1. The molecule has 2 fully saturated rings. The number of sulfone groups is 1. The Labute approximate surface area is 220 Å². The monoisotopic (exact) mass is 545 g/mol. The smallest absolute Gasteiger partial charge is 0.280 e. The minimum atomic E-state index is -3.96. The van der Waals surface area contributed by atoms with E-state index in [9.17, 15) is 18.0 Å². The van der Waals surface area contributed by atoms with Crippen molar-refractivity contribution in [2.45, 2.75) is 49.3 Å². The van der Waals surface area contributed by atoms with E-state index in [0.717, 1.165) is 19.4 Å². The van der Waals surface area contributed by atoms with Crippen LogP contribution in [0.4, 0.5) is 5.69 Å². The maximum absolute atomic E-state index is 13.5. The Balaban J connectivity index is 1.48. The molecule has 2 amide bonds. The zero-order valence-corrected chi connectivity index (χ0v) is 21.9. The number of anilines is 1. The molecule has 2 aromatic rings. The lowest BCUT2D eigenvalue weighted by atomic mass is 10.1. The summed E-state index contributed by atoms with van der Waals surface area (Å²) in [5.41, 5.74) is 11.9. The van der Waals surface area contributed by atoms with Crippen LogP contribution in [0.3, 0.4) is 0 Å². The number of halogens is 1. The van der Waals surface area contributed by atoms with Crippen molar-refractivity contribution in [3.05, 3.63) is 46.0 Å². The van der Waals surface area contributed by atoms with Gasteiger partial charge in [-0.1, -0.05) is 24.4 Å². The summed E-state index contributed by atoms with van der Waals surface area (Å²) >= 11 is 6.60. The van der Waals surface area contributed by atoms with Crippen molar-refractivity contribution in [2.24, 2.45) is 16.5 Å². The molecule has 1 saturated heterocycles. The van der Waals surface area contributed by atoms with Gasteiger partial charge in [-0.2, -0.15) is 4.99 Å². The Hall–Kier alpha value is -3.15. The number of carbonyl (C=O) groups excluding carboxylic acids is 2. The highest BCUT2D eigenvalue weighted by atomic mass is 35.5. The Bertz CT molecular complexity index is 1430. The number of benzene rings is 2. The van der Waals surface area contributed by atoms with Crippen molar-refractivity contribution in [3.63, 3.8) is 0 Å². The van der Waals surface area contributed by atoms with Gasteiger partial charge in [0.05, 0.1) is 17.3 Å². The number of aliphatic imine (C=N–C) groups is 1. The Kier molecular flexibility index (Phi) is 6.63. The SMILES string of the molecule is Cc1cc(C(=O)N=C(N)N)cc2c1Oc1c(Cl)cc(N3CCN(C4CCCC4)CC3=O)cc1CS2(=O)=O. The van der Waals surface area contributed by atoms with E-state index in [0.29, 0.717) is 35.9 Å². The van der Waals surface area contributed by atoms with Crippen LogP contribution in [0.25, 0.3) is 0 Å². The topological polar surface area (TPSA) is 148 Å². The zero-order valence-electron chi connectivity index (χ0n) is 20.4. The lowest BCUT2D eigenvalue weighted by molar-refractivity contribution is -0.122. The van der Waals surface area contributed by atoms with Gasteiger partial charge in [-0.3, -0.25) is 14.5 Å². The minimum absolute atomic E-state index is 0.0142. The molecule has 4 N–H and O–H groups in total. The van der Waals surface area contributed by atoms with E-state index in [1.165, 1.54) is 25.0 Å². The van der Waals surface area contributed by atoms with Gasteiger partial charge in [0.15, 0.2) is 15.8 Å². The number of rotatable bonds is 3. The molecular weight excluding hydrogens is 518 g/mol. The van der Waals surface area contributed by atoms with Crippen molar-refractivity contribution < 1.29 is 22.7 Å². The molecule has 37 heavy (non-hydrogen) atoms. The van der Waals surface area contributed by atoms with Crippen molar-refractivity contribution >= 4 is 44.9 Å². The molecule has 2 aliphatic heterocycles. The summed E-state index contributed by atoms with van der Waals surface area (Å²) in [4.78, 5) is 32.7. The fourth-order valence-electron chi connectivity index (χ4n) is 5.35. The van der Waals surface area contributed by atoms with Crippen molar-refractivity contribution in [2.75, 3.05) is 24.5 Å². The Morgan fingerprint density at radius 2 is 1.84 bits per heavy atom. The Morgan fingerprint density at radius 1 is 1.11 bits per heavy atom. The average Bonchev–Trinajstić information content (AvgIpc) is 3.32. The zero-order chi connectivity index (χ0) is 26.5. The predicted octanol–water partition coefficient (Wildman–Crippen LogP) is 2.73. The molecular formula is C25H28ClN5O5S. The first-order chi connectivity index (χ1) is 17.5. The Morgan fingerprint density at radius 3 is 2.51 bits per heavy atom. The van der Waals surface area contributed by atoms with Crippen LogP contribution in [0.5, 0.6) is 11.5 Å². The maximum Gasteiger partial charge on any atom is 0.280 e. The first kappa shape index (κ1) is 25.5. The summed E-state index contributed by atoms with van der Waals surface area (Å²) in [5.74, 6) is -1.38. The second kappa shape index (κ2) is 9.62. The van der Waals surface area contributed by atoms with E-state index in [1.54, 1.807) is 24.0 Å². The van der Waals surface area contributed by atoms with Crippen LogP contribution in [-0.2, 0) is 20.4 Å². The van der Waals surface area contributed by atoms with Gasteiger partial charge in [0.2, 0.25) is 5.91 Å². The molecule has 1 aliphatic carbocycles. The first-order valence-electron chi connectivity index (χ1n) is 12.1. The minimum Gasteiger partial charge on any atom is -0.454 e. The number of aryl methyl sites for hydroxylation is 1. The maximum atomic E-state index is 13.5. The highest BCUT2D eigenvalue weighted by molar-refractivity contribution is 7.90. The number of amides is 2. The summed E-state index contributed by atoms with van der Waals surface area (Å²) in [7, 11) is -3.96. The van der Waals surface area contributed by atoms with Crippen LogP contribution in [-0.4, -0.2) is 56.8 Å². The van der Waals surface area contributed by atoms with Gasteiger partial charge < -0.3 is 21.1 Å². The second-order valence-corrected chi connectivity index (χ2v) is 12.1. The summed E-state index contributed by atoms with van der Waals surface area (Å²) in [6.45, 7) is 3.19. The number of carbonyl (C=O) groups is 2. The van der Waals surface area contributed by atoms with Crippen LogP contribution in [0, 0.1) is 6.92 Å². The molecule has 0 spiro atoms. The van der Waals surface area contributed by atoms with E-state index >= 15 is 0 Å². The molecule has 0 atom stereocenters. The van der Waals surface area contributed by atoms with E-state index in [2.05, 4.69) is 9.89 Å². The number of piperazine rings is 1. The number of hydrogen-bond donors (Lipinski definition) is 2. The standard InChI is InChI=1S/C25H28ClN5O5S/c1-14-8-15(24(33)29-25(27)28)10-20-22(14)36-23-16(13-37(20,34)35)9-18(11-19(23)26)31-7-6-30(12-21(31)32)17-4-2-3-5-17/h8-11,17H,2-7,12-13H2,1H3,(H4,27,28,29,33). The largest absolute Gasteiger partial charge is 0.454 e. The fraction of sp³-hybridized carbons (Fsp3) is 0.400. The average molecular weight is 546 g/mol. The highest BCUT2D eigenvalue weighted by Gasteiger charge is 2.34. The molecule has 196 valence electrons. The quantitative estimate of drug-likeness (QED) is 0.442. The van der Waals surface area contributed by atoms with Gasteiger partial charge in [0.1, 0.15) is 16.4 Å². The molecule has 0 radical (unpaired) electrons. The molecule has 2 aromatic carbocycles. The summed E-state index contributed by atoms with van der Waals surface area (Å²) in [6.07, 6.45) is 4.62.